The molecule has 0 saturated heterocycles. The van der Waals surface area contributed by atoms with E-state index in [9.17, 15) is 9.59 Å². The first-order valence-corrected chi connectivity index (χ1v) is 7.00. The maximum atomic E-state index is 12.4. The second-order valence-electron chi connectivity index (χ2n) is 5.14. The summed E-state index contributed by atoms with van der Waals surface area (Å²) < 4.78 is 4.95. The monoisotopic (exact) mass is 327 g/mol. The smallest absolute Gasteiger partial charge is 0.246 e. The van der Waals surface area contributed by atoms with Gasteiger partial charge in [-0.05, 0) is 30.5 Å². The molecule has 1 aromatic carbocycles. The van der Waals surface area contributed by atoms with Crippen LogP contribution in [0.25, 0.3) is 0 Å². The van der Waals surface area contributed by atoms with Gasteiger partial charge in [0.2, 0.25) is 11.8 Å². The SMILES string of the molecule is COCC(N)C(=O)N1CCCc2c(NC(C)=O)cccc21.Cl. The van der Waals surface area contributed by atoms with E-state index in [0.29, 0.717) is 6.54 Å². The number of nitrogens with one attached hydrogen (secondary N) is 1. The molecule has 7 heteroatoms. The van der Waals surface area contributed by atoms with Crippen LogP contribution in [-0.2, 0) is 20.7 Å². The third-order valence-electron chi connectivity index (χ3n) is 3.49. The molecule has 0 spiro atoms. The highest BCUT2D eigenvalue weighted by Crippen LogP contribution is 2.33. The van der Waals surface area contributed by atoms with Gasteiger partial charge in [0.1, 0.15) is 6.04 Å². The van der Waals surface area contributed by atoms with Crippen LogP contribution in [-0.4, -0.2) is 38.1 Å². The van der Waals surface area contributed by atoms with E-state index >= 15 is 0 Å². The second-order valence-corrected chi connectivity index (χ2v) is 5.14. The number of nitrogens with zero attached hydrogens (tertiary/aromatic N) is 1. The van der Waals surface area contributed by atoms with Gasteiger partial charge in [-0.1, -0.05) is 6.07 Å². The van der Waals surface area contributed by atoms with Gasteiger partial charge in [-0.3, -0.25) is 9.59 Å². The van der Waals surface area contributed by atoms with Crippen LogP contribution in [0.15, 0.2) is 18.2 Å². The Bertz CT molecular complexity index is 551. The predicted octanol–water partition coefficient (Wildman–Crippen LogP) is 1.32. The van der Waals surface area contributed by atoms with Crippen molar-refractivity contribution in [1.82, 2.24) is 0 Å². The molecule has 1 aliphatic rings. The van der Waals surface area contributed by atoms with Crippen molar-refractivity contribution >= 4 is 35.6 Å². The average molecular weight is 328 g/mol. The summed E-state index contributed by atoms with van der Waals surface area (Å²) in [5.74, 6) is -0.277. The first kappa shape index (κ1) is 18.4. The fourth-order valence-corrected chi connectivity index (χ4v) is 2.61. The van der Waals surface area contributed by atoms with Gasteiger partial charge in [0.05, 0.1) is 6.61 Å². The standard InChI is InChI=1S/C15H21N3O3.ClH/c1-10(19)17-13-6-3-7-14-11(13)5-4-8-18(14)15(20)12(16)9-21-2;/h3,6-7,12H,4-5,8-9,16H2,1-2H3,(H,17,19);1H. The van der Waals surface area contributed by atoms with Gasteiger partial charge in [0.25, 0.3) is 0 Å². The van der Waals surface area contributed by atoms with Crippen molar-refractivity contribution in [3.63, 3.8) is 0 Å². The molecule has 1 atom stereocenters. The minimum Gasteiger partial charge on any atom is -0.383 e. The molecule has 2 amide bonds. The van der Waals surface area contributed by atoms with Crippen LogP contribution in [0.2, 0.25) is 0 Å². The largest absolute Gasteiger partial charge is 0.383 e. The van der Waals surface area contributed by atoms with Gasteiger partial charge in [0, 0.05) is 32.0 Å². The van der Waals surface area contributed by atoms with E-state index < -0.39 is 6.04 Å². The summed E-state index contributed by atoms with van der Waals surface area (Å²) in [6.07, 6.45) is 1.67. The third-order valence-corrected chi connectivity index (χ3v) is 3.49. The van der Waals surface area contributed by atoms with E-state index in [4.69, 9.17) is 10.5 Å². The summed E-state index contributed by atoms with van der Waals surface area (Å²) in [5, 5.41) is 2.81. The lowest BCUT2D eigenvalue weighted by atomic mass is 9.99. The molecule has 2 rings (SSSR count). The second kappa shape index (κ2) is 8.12. The minimum atomic E-state index is -0.676. The quantitative estimate of drug-likeness (QED) is 0.873. The number of hydrogen-bond acceptors (Lipinski definition) is 4. The van der Waals surface area contributed by atoms with Gasteiger partial charge in [-0.15, -0.1) is 12.4 Å². The van der Waals surface area contributed by atoms with Crippen LogP contribution in [0.3, 0.4) is 0 Å². The van der Waals surface area contributed by atoms with E-state index in [-0.39, 0.29) is 30.8 Å². The van der Waals surface area contributed by atoms with Crippen LogP contribution >= 0.6 is 12.4 Å². The number of nitrogens with two attached hydrogens (primary N) is 1. The number of ether oxygens (including phenoxy) is 1. The summed E-state index contributed by atoms with van der Waals surface area (Å²) in [6.45, 7) is 2.29. The number of hydrogen-bond donors (Lipinski definition) is 2. The predicted molar refractivity (Wildman–Crippen MR) is 88.5 cm³/mol. The summed E-state index contributed by atoms with van der Waals surface area (Å²) in [6, 6.07) is 4.89. The van der Waals surface area contributed by atoms with E-state index in [0.717, 1.165) is 29.8 Å². The van der Waals surface area contributed by atoms with Crippen molar-refractivity contribution in [2.24, 2.45) is 5.73 Å². The molecular formula is C15H22ClN3O3. The summed E-state index contributed by atoms with van der Waals surface area (Å²) >= 11 is 0. The van der Waals surface area contributed by atoms with Gasteiger partial charge in [0.15, 0.2) is 0 Å². The zero-order chi connectivity index (χ0) is 15.4. The minimum absolute atomic E-state index is 0. The van der Waals surface area contributed by atoms with Crippen molar-refractivity contribution in [2.75, 3.05) is 30.5 Å². The summed E-state index contributed by atoms with van der Waals surface area (Å²) in [7, 11) is 1.52. The van der Waals surface area contributed by atoms with Gasteiger partial charge < -0.3 is 20.7 Å². The van der Waals surface area contributed by atoms with Crippen molar-refractivity contribution in [1.29, 1.82) is 0 Å². The number of benzene rings is 1. The molecule has 1 aromatic rings. The molecule has 0 radical (unpaired) electrons. The van der Waals surface area contributed by atoms with Crippen LogP contribution in [0.4, 0.5) is 11.4 Å². The first-order valence-electron chi connectivity index (χ1n) is 7.00. The normalized spacial score (nSPS) is 14.6. The molecule has 1 unspecified atom stereocenters. The zero-order valence-corrected chi connectivity index (χ0v) is 13.6. The maximum absolute atomic E-state index is 12.4. The summed E-state index contributed by atoms with van der Waals surface area (Å²) in [4.78, 5) is 25.4. The Morgan fingerprint density at radius 1 is 1.45 bits per heavy atom. The van der Waals surface area contributed by atoms with Crippen LogP contribution in [0, 0.1) is 0 Å². The lowest BCUT2D eigenvalue weighted by Crippen LogP contribution is -2.48. The Morgan fingerprint density at radius 2 is 2.18 bits per heavy atom. The number of methoxy groups -OCH3 is 1. The number of rotatable bonds is 4. The molecule has 1 aliphatic heterocycles. The van der Waals surface area contributed by atoms with Crippen LogP contribution in [0.1, 0.15) is 18.9 Å². The van der Waals surface area contributed by atoms with Gasteiger partial charge in [-0.25, -0.2) is 0 Å². The molecule has 22 heavy (non-hydrogen) atoms. The highest BCUT2D eigenvalue weighted by Gasteiger charge is 2.27. The molecule has 0 saturated carbocycles. The first-order chi connectivity index (χ1) is 10.0. The number of halogens is 1. The number of anilines is 2. The lowest BCUT2D eigenvalue weighted by molar-refractivity contribution is -0.121. The Morgan fingerprint density at radius 3 is 2.82 bits per heavy atom. The molecule has 122 valence electrons. The molecule has 0 bridgehead atoms. The van der Waals surface area contributed by atoms with Crippen molar-refractivity contribution in [2.45, 2.75) is 25.8 Å². The van der Waals surface area contributed by atoms with E-state index in [2.05, 4.69) is 5.32 Å². The van der Waals surface area contributed by atoms with Gasteiger partial charge in [-0.2, -0.15) is 0 Å². The Balaban J connectivity index is 0.00000242. The highest BCUT2D eigenvalue weighted by molar-refractivity contribution is 6.00. The fourth-order valence-electron chi connectivity index (χ4n) is 2.61. The number of carbonyl (C=O) groups excluding carboxylic acids is 2. The van der Waals surface area contributed by atoms with Crippen molar-refractivity contribution in [3.05, 3.63) is 23.8 Å². The Labute approximate surface area is 136 Å². The van der Waals surface area contributed by atoms with Crippen molar-refractivity contribution < 1.29 is 14.3 Å². The molecule has 0 aromatic heterocycles. The number of carbonyl (C=O) groups is 2. The number of fused-ring (bicyclic) bond motifs is 1. The van der Waals surface area contributed by atoms with Crippen LogP contribution in [0.5, 0.6) is 0 Å². The molecule has 0 aliphatic carbocycles. The van der Waals surface area contributed by atoms with E-state index in [1.54, 1.807) is 4.90 Å². The van der Waals surface area contributed by atoms with Gasteiger partial charge >= 0.3 is 0 Å². The summed E-state index contributed by atoms with van der Waals surface area (Å²) in [5.41, 5.74) is 8.42. The molecule has 6 nitrogen and oxygen atoms in total. The number of amides is 2. The van der Waals surface area contributed by atoms with E-state index in [1.165, 1.54) is 14.0 Å². The molecular weight excluding hydrogens is 306 g/mol. The highest BCUT2D eigenvalue weighted by atomic mass is 35.5. The topological polar surface area (TPSA) is 84.7 Å². The molecule has 3 N–H and O–H groups in total. The molecule has 1 heterocycles. The third kappa shape index (κ3) is 3.97. The zero-order valence-electron chi connectivity index (χ0n) is 12.8. The Hall–Kier alpha value is -1.63. The van der Waals surface area contributed by atoms with Crippen LogP contribution < -0.4 is 16.0 Å². The lowest BCUT2D eigenvalue weighted by Gasteiger charge is -2.32. The fraction of sp³-hybridized carbons (Fsp3) is 0.467. The Kier molecular flexibility index (Phi) is 6.80. The maximum Gasteiger partial charge on any atom is 0.246 e. The molecule has 0 fully saturated rings. The van der Waals surface area contributed by atoms with E-state index in [1.807, 2.05) is 18.2 Å². The average Bonchev–Trinajstić information content (AvgIpc) is 2.46. The van der Waals surface area contributed by atoms with Crippen molar-refractivity contribution in [3.8, 4) is 0 Å².